The number of nitrogens with two attached hydrogens (primary N) is 1. The average Bonchev–Trinajstić information content (AvgIpc) is 2.97. The minimum absolute atomic E-state index is 0.0220. The van der Waals surface area contributed by atoms with Crippen LogP contribution in [0.4, 0.5) is 5.82 Å². The Balaban J connectivity index is 1.80. The van der Waals surface area contributed by atoms with Gasteiger partial charge in [0.05, 0.1) is 12.2 Å². The maximum absolute atomic E-state index is 11.8. The highest BCUT2D eigenvalue weighted by Crippen LogP contribution is 2.11. The van der Waals surface area contributed by atoms with Crippen LogP contribution < -0.4 is 11.4 Å². The molecule has 2 N–H and O–H groups in total. The summed E-state index contributed by atoms with van der Waals surface area (Å²) < 4.78 is 3.27. The third kappa shape index (κ3) is 3.51. The highest BCUT2D eigenvalue weighted by molar-refractivity contribution is 5.37. The standard InChI is InChI=1S/C17H20N6O/c1-12(2)23-10-14(16(18)19-17(23)24)9-22-11-15(20-21-22)8-13-6-4-3-5-7-13/h3-7,10-12H,8-9H2,1-2H3,(H2,18,19,24). The van der Waals surface area contributed by atoms with Crippen molar-refractivity contribution >= 4 is 5.82 Å². The van der Waals surface area contributed by atoms with Gasteiger partial charge in [0.25, 0.3) is 0 Å². The maximum Gasteiger partial charge on any atom is 0.349 e. The Morgan fingerprint density at radius 3 is 2.62 bits per heavy atom. The molecular formula is C17H20N6O. The van der Waals surface area contributed by atoms with Gasteiger partial charge in [0.1, 0.15) is 5.82 Å². The van der Waals surface area contributed by atoms with E-state index in [2.05, 4.69) is 27.4 Å². The summed E-state index contributed by atoms with van der Waals surface area (Å²) in [6, 6.07) is 10.1. The molecule has 0 saturated carbocycles. The molecule has 2 heterocycles. The van der Waals surface area contributed by atoms with Crippen LogP contribution in [0.1, 0.15) is 36.7 Å². The van der Waals surface area contributed by atoms with E-state index in [4.69, 9.17) is 5.73 Å². The number of aromatic nitrogens is 5. The fourth-order valence-corrected chi connectivity index (χ4v) is 2.49. The quantitative estimate of drug-likeness (QED) is 0.770. The topological polar surface area (TPSA) is 91.6 Å². The van der Waals surface area contributed by atoms with Crippen LogP contribution in [0.3, 0.4) is 0 Å². The van der Waals surface area contributed by atoms with Crippen LogP contribution in [0.2, 0.25) is 0 Å². The molecule has 0 spiro atoms. The molecule has 1 aromatic carbocycles. The SMILES string of the molecule is CC(C)n1cc(Cn2cc(Cc3ccccc3)nn2)c(N)nc1=O. The summed E-state index contributed by atoms with van der Waals surface area (Å²) in [4.78, 5) is 15.7. The molecule has 7 heteroatoms. The van der Waals surface area contributed by atoms with Crippen LogP contribution in [-0.4, -0.2) is 24.5 Å². The van der Waals surface area contributed by atoms with Gasteiger partial charge in [-0.25, -0.2) is 9.48 Å². The van der Waals surface area contributed by atoms with Crippen LogP contribution >= 0.6 is 0 Å². The van der Waals surface area contributed by atoms with E-state index in [1.54, 1.807) is 15.4 Å². The van der Waals surface area contributed by atoms with Crippen LogP contribution in [0, 0.1) is 0 Å². The molecule has 0 unspecified atom stereocenters. The molecule has 0 saturated heterocycles. The normalized spacial score (nSPS) is 11.1. The van der Waals surface area contributed by atoms with Gasteiger partial charge in [-0.15, -0.1) is 5.10 Å². The second-order valence-corrected chi connectivity index (χ2v) is 6.00. The van der Waals surface area contributed by atoms with Gasteiger partial charge in [0, 0.05) is 30.4 Å². The lowest BCUT2D eigenvalue weighted by Crippen LogP contribution is -2.26. The zero-order valence-corrected chi connectivity index (χ0v) is 13.8. The van der Waals surface area contributed by atoms with E-state index in [1.807, 2.05) is 38.2 Å². The van der Waals surface area contributed by atoms with Crippen molar-refractivity contribution in [2.75, 3.05) is 5.73 Å². The summed E-state index contributed by atoms with van der Waals surface area (Å²) in [6.45, 7) is 4.28. The van der Waals surface area contributed by atoms with Gasteiger partial charge in [-0.1, -0.05) is 35.5 Å². The van der Waals surface area contributed by atoms with E-state index in [0.717, 1.165) is 17.7 Å². The fourth-order valence-electron chi connectivity index (χ4n) is 2.49. The molecule has 0 amide bonds. The summed E-state index contributed by atoms with van der Waals surface area (Å²) >= 11 is 0. The van der Waals surface area contributed by atoms with Crippen molar-refractivity contribution in [2.24, 2.45) is 0 Å². The molecule has 0 radical (unpaired) electrons. The monoisotopic (exact) mass is 324 g/mol. The number of benzene rings is 1. The number of anilines is 1. The van der Waals surface area contributed by atoms with E-state index in [1.165, 1.54) is 5.56 Å². The summed E-state index contributed by atoms with van der Waals surface area (Å²) in [5.74, 6) is 0.233. The molecule has 124 valence electrons. The Bertz CT molecular complexity index is 882. The maximum atomic E-state index is 11.8. The predicted octanol–water partition coefficient (Wildman–Crippen LogP) is 1.64. The average molecular weight is 324 g/mol. The van der Waals surface area contributed by atoms with Gasteiger partial charge < -0.3 is 5.73 Å². The van der Waals surface area contributed by atoms with Gasteiger partial charge in [-0.2, -0.15) is 4.98 Å². The second kappa shape index (κ2) is 6.66. The largest absolute Gasteiger partial charge is 0.383 e. The van der Waals surface area contributed by atoms with E-state index in [9.17, 15) is 4.79 Å². The lowest BCUT2D eigenvalue weighted by atomic mass is 10.1. The van der Waals surface area contributed by atoms with E-state index >= 15 is 0 Å². The number of nitrogen functional groups attached to an aromatic ring is 1. The van der Waals surface area contributed by atoms with E-state index < -0.39 is 0 Å². The molecule has 3 aromatic rings. The van der Waals surface area contributed by atoms with Crippen molar-refractivity contribution in [3.8, 4) is 0 Å². The first-order valence-electron chi connectivity index (χ1n) is 7.83. The zero-order chi connectivity index (χ0) is 17.1. The fraction of sp³-hybridized carbons (Fsp3) is 0.294. The number of hydrogen-bond acceptors (Lipinski definition) is 5. The summed E-state index contributed by atoms with van der Waals surface area (Å²) in [7, 11) is 0. The van der Waals surface area contributed by atoms with Gasteiger partial charge in [-0.3, -0.25) is 4.57 Å². The first-order chi connectivity index (χ1) is 11.5. The van der Waals surface area contributed by atoms with Gasteiger partial charge in [-0.05, 0) is 19.4 Å². The molecule has 0 fully saturated rings. The van der Waals surface area contributed by atoms with Crippen LogP contribution in [0.15, 0.2) is 47.5 Å². The van der Waals surface area contributed by atoms with Crippen molar-refractivity contribution in [1.82, 2.24) is 24.5 Å². The van der Waals surface area contributed by atoms with Crippen LogP contribution in [0.25, 0.3) is 0 Å². The summed E-state index contributed by atoms with van der Waals surface area (Å²) in [6.07, 6.45) is 4.35. The molecule has 0 aliphatic carbocycles. The molecular weight excluding hydrogens is 304 g/mol. The lowest BCUT2D eigenvalue weighted by molar-refractivity contribution is 0.553. The number of rotatable bonds is 5. The second-order valence-electron chi connectivity index (χ2n) is 6.00. The molecule has 24 heavy (non-hydrogen) atoms. The molecule has 7 nitrogen and oxygen atoms in total. The Kier molecular flexibility index (Phi) is 4.41. The van der Waals surface area contributed by atoms with Gasteiger partial charge in [0.2, 0.25) is 0 Å². The molecule has 2 aromatic heterocycles. The molecule has 0 aliphatic heterocycles. The van der Waals surface area contributed by atoms with Crippen LogP contribution in [-0.2, 0) is 13.0 Å². The van der Waals surface area contributed by atoms with Crippen molar-refractivity contribution < 1.29 is 0 Å². The van der Waals surface area contributed by atoms with Gasteiger partial charge in [0.15, 0.2) is 0 Å². The van der Waals surface area contributed by atoms with E-state index in [-0.39, 0.29) is 17.5 Å². The molecule has 3 rings (SSSR count). The van der Waals surface area contributed by atoms with Crippen molar-refractivity contribution in [1.29, 1.82) is 0 Å². The highest BCUT2D eigenvalue weighted by Gasteiger charge is 2.10. The minimum atomic E-state index is -0.338. The first kappa shape index (κ1) is 15.9. The van der Waals surface area contributed by atoms with Crippen LogP contribution in [0.5, 0.6) is 0 Å². The third-order valence-electron chi connectivity index (χ3n) is 3.76. The predicted molar refractivity (Wildman–Crippen MR) is 91.7 cm³/mol. The lowest BCUT2D eigenvalue weighted by Gasteiger charge is -2.12. The molecule has 0 atom stereocenters. The molecule has 0 bridgehead atoms. The third-order valence-corrected chi connectivity index (χ3v) is 3.76. The Morgan fingerprint density at radius 1 is 1.17 bits per heavy atom. The zero-order valence-electron chi connectivity index (χ0n) is 13.8. The Hall–Kier alpha value is -2.96. The summed E-state index contributed by atoms with van der Waals surface area (Å²) in [5.41, 5.74) is 8.35. The van der Waals surface area contributed by atoms with Gasteiger partial charge >= 0.3 is 5.69 Å². The van der Waals surface area contributed by atoms with E-state index in [0.29, 0.717) is 6.54 Å². The highest BCUT2D eigenvalue weighted by atomic mass is 16.1. The van der Waals surface area contributed by atoms with Crippen molar-refractivity contribution in [3.63, 3.8) is 0 Å². The Morgan fingerprint density at radius 2 is 1.92 bits per heavy atom. The minimum Gasteiger partial charge on any atom is -0.383 e. The number of nitrogens with zero attached hydrogens (tertiary/aromatic N) is 5. The summed E-state index contributed by atoms with van der Waals surface area (Å²) in [5, 5.41) is 8.34. The van der Waals surface area contributed by atoms with Crippen molar-refractivity contribution in [3.05, 3.63) is 70.0 Å². The number of hydrogen-bond donors (Lipinski definition) is 1. The smallest absolute Gasteiger partial charge is 0.349 e. The first-order valence-corrected chi connectivity index (χ1v) is 7.83. The van der Waals surface area contributed by atoms with Crippen molar-refractivity contribution in [2.45, 2.75) is 32.9 Å². The Labute approximate surface area is 139 Å². The molecule has 0 aliphatic rings.